The number of rotatable bonds is 2. The van der Waals surface area contributed by atoms with Crippen LogP contribution in [0, 0.1) is 0 Å². The fourth-order valence-corrected chi connectivity index (χ4v) is 2.63. The molecule has 2 aromatic heterocycles. The topological polar surface area (TPSA) is 89.7 Å². The maximum atomic E-state index is 5.86. The third-order valence-electron chi connectivity index (χ3n) is 3.58. The molecule has 4 rings (SSSR count). The smallest absolute Gasteiger partial charge is 0.235 e. The van der Waals surface area contributed by atoms with E-state index < -0.39 is 0 Å². The first kappa shape index (κ1) is 11.2. The molecular weight excluding hydrogens is 254 g/mol. The fraction of sp³-hybridized carbons (Fsp3) is 0.214. The van der Waals surface area contributed by atoms with Crippen LogP contribution in [-0.4, -0.2) is 20.2 Å². The van der Waals surface area contributed by atoms with Crippen LogP contribution in [0.5, 0.6) is 11.6 Å². The second-order valence-corrected chi connectivity index (χ2v) is 4.91. The van der Waals surface area contributed by atoms with Gasteiger partial charge in [0, 0.05) is 0 Å². The predicted octanol–water partition coefficient (Wildman–Crippen LogP) is 2.22. The number of ether oxygens (including phenoxy) is 1. The van der Waals surface area contributed by atoms with Gasteiger partial charge in [0.25, 0.3) is 0 Å². The SMILES string of the molecule is Nc1nc(Oc2ccc3c(c2)CCC3)c2cn[nH]c2n1. The number of nitrogens with two attached hydrogens (primary N) is 1. The van der Waals surface area contributed by atoms with E-state index in [1.165, 1.54) is 17.5 Å². The zero-order chi connectivity index (χ0) is 13.5. The van der Waals surface area contributed by atoms with Crippen molar-refractivity contribution < 1.29 is 4.74 Å². The number of nitrogens with zero attached hydrogens (tertiary/aromatic N) is 3. The average molecular weight is 267 g/mol. The minimum absolute atomic E-state index is 0.165. The molecule has 0 aliphatic heterocycles. The molecule has 3 aromatic rings. The molecule has 1 aliphatic carbocycles. The van der Waals surface area contributed by atoms with Gasteiger partial charge in [-0.05, 0) is 42.5 Å². The number of aromatic nitrogens is 4. The normalized spacial score (nSPS) is 13.6. The van der Waals surface area contributed by atoms with Crippen LogP contribution in [0.1, 0.15) is 17.5 Å². The van der Waals surface area contributed by atoms with Crippen molar-refractivity contribution in [3.05, 3.63) is 35.5 Å². The van der Waals surface area contributed by atoms with Gasteiger partial charge in [0.05, 0.1) is 6.20 Å². The Morgan fingerprint density at radius 1 is 1.15 bits per heavy atom. The molecule has 6 heteroatoms. The number of hydrogen-bond donors (Lipinski definition) is 2. The average Bonchev–Trinajstić information content (AvgIpc) is 3.05. The second-order valence-electron chi connectivity index (χ2n) is 4.91. The summed E-state index contributed by atoms with van der Waals surface area (Å²) in [7, 11) is 0. The second kappa shape index (κ2) is 4.19. The van der Waals surface area contributed by atoms with Gasteiger partial charge in [0.15, 0.2) is 5.65 Å². The van der Waals surface area contributed by atoms with Crippen LogP contribution in [0.25, 0.3) is 11.0 Å². The minimum Gasteiger partial charge on any atom is -0.438 e. The number of aromatic amines is 1. The van der Waals surface area contributed by atoms with E-state index in [4.69, 9.17) is 10.5 Å². The molecule has 1 aliphatic rings. The Hall–Kier alpha value is -2.63. The van der Waals surface area contributed by atoms with Crippen molar-refractivity contribution in [3.63, 3.8) is 0 Å². The molecule has 0 amide bonds. The van der Waals surface area contributed by atoms with Crippen LogP contribution in [-0.2, 0) is 12.8 Å². The van der Waals surface area contributed by atoms with E-state index in [0.29, 0.717) is 11.5 Å². The van der Waals surface area contributed by atoms with Gasteiger partial charge in [-0.1, -0.05) is 6.07 Å². The summed E-state index contributed by atoms with van der Waals surface area (Å²) in [6.45, 7) is 0. The van der Waals surface area contributed by atoms with Crippen LogP contribution >= 0.6 is 0 Å². The molecule has 0 unspecified atom stereocenters. The van der Waals surface area contributed by atoms with E-state index in [1.54, 1.807) is 6.20 Å². The third-order valence-corrected chi connectivity index (χ3v) is 3.58. The van der Waals surface area contributed by atoms with Gasteiger partial charge in [-0.2, -0.15) is 15.1 Å². The Balaban J connectivity index is 1.75. The zero-order valence-electron chi connectivity index (χ0n) is 10.8. The molecule has 6 nitrogen and oxygen atoms in total. The van der Waals surface area contributed by atoms with Crippen LogP contribution in [0.4, 0.5) is 5.95 Å². The molecule has 3 N–H and O–H groups in total. The molecule has 0 fully saturated rings. The van der Waals surface area contributed by atoms with Crippen molar-refractivity contribution >= 4 is 17.0 Å². The maximum Gasteiger partial charge on any atom is 0.235 e. The van der Waals surface area contributed by atoms with E-state index in [9.17, 15) is 0 Å². The van der Waals surface area contributed by atoms with Gasteiger partial charge in [0.1, 0.15) is 11.1 Å². The van der Waals surface area contributed by atoms with Crippen molar-refractivity contribution in [2.45, 2.75) is 19.3 Å². The van der Waals surface area contributed by atoms with Gasteiger partial charge < -0.3 is 10.5 Å². The number of nitrogen functional groups attached to an aromatic ring is 1. The molecule has 0 radical (unpaired) electrons. The van der Waals surface area contributed by atoms with Crippen molar-refractivity contribution in [1.82, 2.24) is 20.2 Å². The summed E-state index contributed by atoms with van der Waals surface area (Å²) in [6.07, 6.45) is 5.12. The van der Waals surface area contributed by atoms with E-state index in [1.807, 2.05) is 6.07 Å². The molecule has 100 valence electrons. The Kier molecular flexibility index (Phi) is 2.35. The van der Waals surface area contributed by atoms with E-state index in [2.05, 4.69) is 32.3 Å². The molecule has 0 bridgehead atoms. The van der Waals surface area contributed by atoms with Crippen molar-refractivity contribution in [2.75, 3.05) is 5.73 Å². The maximum absolute atomic E-state index is 5.86. The monoisotopic (exact) mass is 267 g/mol. The molecule has 0 atom stereocenters. The quantitative estimate of drug-likeness (QED) is 0.743. The Morgan fingerprint density at radius 3 is 3.00 bits per heavy atom. The minimum atomic E-state index is 0.165. The lowest BCUT2D eigenvalue weighted by Gasteiger charge is -2.08. The molecule has 0 spiro atoms. The fourth-order valence-electron chi connectivity index (χ4n) is 2.63. The first-order valence-electron chi connectivity index (χ1n) is 6.56. The summed E-state index contributed by atoms with van der Waals surface area (Å²) in [5.41, 5.74) is 9.02. The molecule has 2 heterocycles. The largest absolute Gasteiger partial charge is 0.438 e. The summed E-state index contributed by atoms with van der Waals surface area (Å²) in [4.78, 5) is 8.21. The van der Waals surface area contributed by atoms with Gasteiger partial charge in [0.2, 0.25) is 11.8 Å². The highest BCUT2D eigenvalue weighted by molar-refractivity contribution is 5.80. The number of benzene rings is 1. The Labute approximate surface area is 115 Å². The van der Waals surface area contributed by atoms with E-state index in [0.717, 1.165) is 24.0 Å². The van der Waals surface area contributed by atoms with Gasteiger partial charge in [-0.3, -0.25) is 5.10 Å². The van der Waals surface area contributed by atoms with Gasteiger partial charge in [-0.25, -0.2) is 0 Å². The Bertz CT molecular complexity index is 795. The van der Waals surface area contributed by atoms with Crippen molar-refractivity contribution in [3.8, 4) is 11.6 Å². The lowest BCUT2D eigenvalue weighted by molar-refractivity contribution is 0.468. The van der Waals surface area contributed by atoms with E-state index in [-0.39, 0.29) is 5.95 Å². The highest BCUT2D eigenvalue weighted by Gasteiger charge is 2.14. The summed E-state index contributed by atoms with van der Waals surface area (Å²) >= 11 is 0. The standard InChI is InChI=1S/C14H13N5O/c15-14-17-12-11(7-16-19-12)13(18-14)20-10-5-4-8-2-1-3-9(8)6-10/h4-7H,1-3H2,(H3,15,16,17,18,19). The molecule has 20 heavy (non-hydrogen) atoms. The number of hydrogen-bond acceptors (Lipinski definition) is 5. The molecule has 0 saturated carbocycles. The third kappa shape index (κ3) is 1.77. The van der Waals surface area contributed by atoms with Gasteiger partial charge >= 0.3 is 0 Å². The van der Waals surface area contributed by atoms with Crippen LogP contribution < -0.4 is 10.5 Å². The summed E-state index contributed by atoms with van der Waals surface area (Å²) < 4.78 is 5.86. The number of nitrogens with one attached hydrogen (secondary N) is 1. The Morgan fingerprint density at radius 2 is 2.05 bits per heavy atom. The highest BCUT2D eigenvalue weighted by Crippen LogP contribution is 2.30. The number of H-pyrrole nitrogens is 1. The van der Waals surface area contributed by atoms with Crippen molar-refractivity contribution in [1.29, 1.82) is 0 Å². The van der Waals surface area contributed by atoms with Crippen molar-refractivity contribution in [2.24, 2.45) is 0 Å². The van der Waals surface area contributed by atoms with Crippen LogP contribution in [0.2, 0.25) is 0 Å². The summed E-state index contributed by atoms with van der Waals surface area (Å²) in [6, 6.07) is 6.16. The molecular formula is C14H13N5O. The first-order chi connectivity index (χ1) is 9.79. The highest BCUT2D eigenvalue weighted by atomic mass is 16.5. The number of fused-ring (bicyclic) bond motifs is 2. The van der Waals surface area contributed by atoms with Crippen LogP contribution in [0.15, 0.2) is 24.4 Å². The molecule has 0 saturated heterocycles. The number of aryl methyl sites for hydroxylation is 2. The predicted molar refractivity (Wildman–Crippen MR) is 74.6 cm³/mol. The summed E-state index contributed by atoms with van der Waals surface area (Å²) in [5.74, 6) is 1.36. The van der Waals surface area contributed by atoms with E-state index >= 15 is 0 Å². The first-order valence-corrected chi connectivity index (χ1v) is 6.56. The zero-order valence-corrected chi connectivity index (χ0v) is 10.8. The lowest BCUT2D eigenvalue weighted by atomic mass is 10.1. The summed E-state index contributed by atoms with van der Waals surface area (Å²) in [5, 5.41) is 7.43. The lowest BCUT2D eigenvalue weighted by Crippen LogP contribution is -1.98. The molecule has 1 aromatic carbocycles. The van der Waals surface area contributed by atoms with Gasteiger partial charge in [-0.15, -0.1) is 0 Å². The number of anilines is 1. The van der Waals surface area contributed by atoms with Crippen LogP contribution in [0.3, 0.4) is 0 Å².